The fourth-order valence-electron chi connectivity index (χ4n) is 2.52. The lowest BCUT2D eigenvalue weighted by atomic mass is 10.1. The number of fused-ring (bicyclic) bond motifs is 1. The van der Waals surface area contributed by atoms with Gasteiger partial charge in [0.05, 0.1) is 0 Å². The molecule has 3 rings (SSSR count). The van der Waals surface area contributed by atoms with Crippen LogP contribution in [0.2, 0.25) is 0 Å². The molecule has 1 aliphatic carbocycles. The van der Waals surface area contributed by atoms with E-state index in [2.05, 4.69) is 0 Å². The molecule has 0 fully saturated rings. The van der Waals surface area contributed by atoms with Crippen LogP contribution in [-0.4, -0.2) is 0 Å². The van der Waals surface area contributed by atoms with Gasteiger partial charge < -0.3 is 10.5 Å². The summed E-state index contributed by atoms with van der Waals surface area (Å²) in [7, 11) is 0. The number of nitrogens with two attached hydrogens (primary N) is 1. The van der Waals surface area contributed by atoms with Crippen molar-refractivity contribution in [2.24, 2.45) is 5.73 Å². The fourth-order valence-corrected chi connectivity index (χ4v) is 2.52. The quantitative estimate of drug-likeness (QED) is 0.930. The zero-order chi connectivity index (χ0) is 14.1. The molecule has 2 aromatic carbocycles. The maximum absolute atomic E-state index is 13.5. The Balaban J connectivity index is 1.73. The third kappa shape index (κ3) is 2.51. The van der Waals surface area contributed by atoms with Gasteiger partial charge in [-0.3, -0.25) is 0 Å². The third-order valence-electron chi connectivity index (χ3n) is 3.65. The summed E-state index contributed by atoms with van der Waals surface area (Å²) in [6.07, 6.45) is 1.89. The molecule has 2 N–H and O–H groups in total. The molecule has 2 nitrogen and oxygen atoms in total. The fraction of sp³-hybridized carbons (Fsp3) is 0.250. The Kier molecular flexibility index (Phi) is 3.40. The van der Waals surface area contributed by atoms with E-state index >= 15 is 0 Å². The second-order valence-electron chi connectivity index (χ2n) is 5.03. The van der Waals surface area contributed by atoms with Crippen molar-refractivity contribution in [1.29, 1.82) is 0 Å². The minimum atomic E-state index is -0.590. The van der Waals surface area contributed by atoms with Crippen molar-refractivity contribution in [2.75, 3.05) is 0 Å². The van der Waals surface area contributed by atoms with E-state index in [0.29, 0.717) is 11.3 Å². The molecule has 0 saturated carbocycles. The molecule has 1 atom stereocenters. The van der Waals surface area contributed by atoms with Crippen LogP contribution in [0.3, 0.4) is 0 Å². The van der Waals surface area contributed by atoms with Gasteiger partial charge >= 0.3 is 0 Å². The van der Waals surface area contributed by atoms with Crippen molar-refractivity contribution in [3.05, 3.63) is 64.7 Å². The first kappa shape index (κ1) is 13.1. The Morgan fingerprint density at radius 1 is 1.15 bits per heavy atom. The van der Waals surface area contributed by atoms with Gasteiger partial charge in [-0.2, -0.15) is 0 Å². The SMILES string of the molecule is N[C@@H]1CCc2cc(OCc3ccc(F)cc3F)ccc21. The Morgan fingerprint density at radius 3 is 2.80 bits per heavy atom. The van der Waals surface area contributed by atoms with Crippen LogP contribution in [0.25, 0.3) is 0 Å². The van der Waals surface area contributed by atoms with E-state index in [0.717, 1.165) is 24.5 Å². The third-order valence-corrected chi connectivity index (χ3v) is 3.65. The second-order valence-corrected chi connectivity index (χ2v) is 5.03. The first-order valence-electron chi connectivity index (χ1n) is 6.58. The molecule has 1 aliphatic rings. The van der Waals surface area contributed by atoms with Gasteiger partial charge in [-0.05, 0) is 48.2 Å². The second kappa shape index (κ2) is 5.21. The van der Waals surface area contributed by atoms with E-state index in [1.807, 2.05) is 18.2 Å². The maximum Gasteiger partial charge on any atom is 0.132 e. The minimum absolute atomic E-state index is 0.0803. The van der Waals surface area contributed by atoms with Crippen LogP contribution in [0, 0.1) is 11.6 Å². The summed E-state index contributed by atoms with van der Waals surface area (Å²) in [5.41, 5.74) is 8.65. The molecular formula is C16H15F2NO. The largest absolute Gasteiger partial charge is 0.489 e. The zero-order valence-corrected chi connectivity index (χ0v) is 10.9. The number of benzene rings is 2. The van der Waals surface area contributed by atoms with E-state index in [1.165, 1.54) is 17.7 Å². The Hall–Kier alpha value is -1.94. The Bertz CT molecular complexity index is 642. The van der Waals surface area contributed by atoms with E-state index in [9.17, 15) is 8.78 Å². The summed E-state index contributed by atoms with van der Waals surface area (Å²) < 4.78 is 31.9. The molecule has 0 aliphatic heterocycles. The van der Waals surface area contributed by atoms with E-state index in [4.69, 9.17) is 10.5 Å². The molecule has 0 bridgehead atoms. The van der Waals surface area contributed by atoms with Gasteiger partial charge in [0, 0.05) is 17.7 Å². The van der Waals surface area contributed by atoms with Crippen molar-refractivity contribution in [3.8, 4) is 5.75 Å². The van der Waals surface area contributed by atoms with Crippen LogP contribution in [0.1, 0.15) is 29.2 Å². The maximum atomic E-state index is 13.5. The van der Waals surface area contributed by atoms with Gasteiger partial charge in [0.25, 0.3) is 0 Å². The summed E-state index contributed by atoms with van der Waals surface area (Å²) in [5.74, 6) is -0.493. The molecule has 2 aromatic rings. The summed E-state index contributed by atoms with van der Waals surface area (Å²) in [4.78, 5) is 0. The predicted octanol–water partition coefficient (Wildman–Crippen LogP) is 3.49. The molecule has 0 aromatic heterocycles. The van der Waals surface area contributed by atoms with Gasteiger partial charge in [-0.25, -0.2) is 8.78 Å². The van der Waals surface area contributed by atoms with Crippen molar-refractivity contribution in [3.63, 3.8) is 0 Å². The number of hydrogen-bond acceptors (Lipinski definition) is 2. The first-order chi connectivity index (χ1) is 9.63. The summed E-state index contributed by atoms with van der Waals surface area (Å²) in [6.45, 7) is 0.0803. The normalized spacial score (nSPS) is 17.1. The highest BCUT2D eigenvalue weighted by molar-refractivity contribution is 5.40. The van der Waals surface area contributed by atoms with Crippen LogP contribution in [-0.2, 0) is 13.0 Å². The average Bonchev–Trinajstić information content (AvgIpc) is 2.79. The molecule has 0 radical (unpaired) electrons. The van der Waals surface area contributed by atoms with Crippen LogP contribution < -0.4 is 10.5 Å². The van der Waals surface area contributed by atoms with Crippen molar-refractivity contribution in [1.82, 2.24) is 0 Å². The Labute approximate surface area is 116 Å². The lowest BCUT2D eigenvalue weighted by Gasteiger charge is -2.10. The highest BCUT2D eigenvalue weighted by atomic mass is 19.1. The van der Waals surface area contributed by atoms with Crippen molar-refractivity contribution in [2.45, 2.75) is 25.5 Å². The molecule has 0 unspecified atom stereocenters. The van der Waals surface area contributed by atoms with Crippen molar-refractivity contribution < 1.29 is 13.5 Å². The monoisotopic (exact) mass is 275 g/mol. The highest BCUT2D eigenvalue weighted by Gasteiger charge is 2.19. The van der Waals surface area contributed by atoms with Gasteiger partial charge in [-0.1, -0.05) is 6.07 Å². The van der Waals surface area contributed by atoms with E-state index in [1.54, 1.807) is 0 Å². The van der Waals surface area contributed by atoms with E-state index in [-0.39, 0.29) is 12.6 Å². The molecule has 20 heavy (non-hydrogen) atoms. The molecule has 0 spiro atoms. The number of aryl methyl sites for hydroxylation is 1. The molecule has 0 saturated heterocycles. The number of hydrogen-bond donors (Lipinski definition) is 1. The van der Waals surface area contributed by atoms with Gasteiger partial charge in [0.2, 0.25) is 0 Å². The lowest BCUT2D eigenvalue weighted by Crippen LogP contribution is -2.05. The predicted molar refractivity (Wildman–Crippen MR) is 72.4 cm³/mol. The molecule has 104 valence electrons. The van der Waals surface area contributed by atoms with Crippen LogP contribution in [0.4, 0.5) is 8.78 Å². The minimum Gasteiger partial charge on any atom is -0.489 e. The van der Waals surface area contributed by atoms with Crippen LogP contribution in [0.5, 0.6) is 5.75 Å². The number of rotatable bonds is 3. The molecule has 0 heterocycles. The van der Waals surface area contributed by atoms with Crippen molar-refractivity contribution >= 4 is 0 Å². The standard InChI is InChI=1S/C16H15F2NO/c17-12-3-1-11(15(18)8-12)9-20-13-4-5-14-10(7-13)2-6-16(14)19/h1,3-5,7-8,16H,2,6,9,19H2/t16-/m1/s1. The molecule has 4 heteroatoms. The Morgan fingerprint density at radius 2 is 2.00 bits per heavy atom. The lowest BCUT2D eigenvalue weighted by molar-refractivity contribution is 0.299. The zero-order valence-electron chi connectivity index (χ0n) is 10.9. The van der Waals surface area contributed by atoms with Crippen LogP contribution >= 0.6 is 0 Å². The van der Waals surface area contributed by atoms with Gasteiger partial charge in [-0.15, -0.1) is 0 Å². The summed E-state index contributed by atoms with van der Waals surface area (Å²) >= 11 is 0. The van der Waals surface area contributed by atoms with Crippen LogP contribution in [0.15, 0.2) is 36.4 Å². The molecular weight excluding hydrogens is 260 g/mol. The number of halogens is 2. The summed E-state index contributed by atoms with van der Waals surface area (Å²) in [6, 6.07) is 9.34. The summed E-state index contributed by atoms with van der Waals surface area (Å²) in [5, 5.41) is 0. The van der Waals surface area contributed by atoms with Gasteiger partial charge in [0.15, 0.2) is 0 Å². The van der Waals surface area contributed by atoms with Gasteiger partial charge in [0.1, 0.15) is 24.0 Å². The smallest absolute Gasteiger partial charge is 0.132 e. The molecule has 0 amide bonds. The van der Waals surface area contributed by atoms with E-state index < -0.39 is 11.6 Å². The topological polar surface area (TPSA) is 35.2 Å². The number of ether oxygens (including phenoxy) is 1. The highest BCUT2D eigenvalue weighted by Crippen LogP contribution is 2.32. The first-order valence-corrected chi connectivity index (χ1v) is 6.58. The average molecular weight is 275 g/mol.